The van der Waals surface area contributed by atoms with Gasteiger partial charge < -0.3 is 5.32 Å². The van der Waals surface area contributed by atoms with Crippen molar-refractivity contribution in [2.24, 2.45) is 0 Å². The lowest BCUT2D eigenvalue weighted by Crippen LogP contribution is -2.16. The summed E-state index contributed by atoms with van der Waals surface area (Å²) in [4.78, 5) is 23.9. The van der Waals surface area contributed by atoms with Gasteiger partial charge in [-0.25, -0.2) is 8.42 Å². The first kappa shape index (κ1) is 20.6. The molecule has 0 aliphatic rings. The van der Waals surface area contributed by atoms with Crippen LogP contribution in [0.3, 0.4) is 0 Å². The second-order valence-corrected chi connectivity index (χ2v) is 8.26. The highest BCUT2D eigenvalue weighted by Crippen LogP contribution is 2.28. The number of para-hydroxylation sites is 1. The molecule has 0 aromatic heterocycles. The van der Waals surface area contributed by atoms with Crippen LogP contribution in [-0.4, -0.2) is 20.1 Å². The first-order valence-corrected chi connectivity index (χ1v) is 10.4. The quantitative estimate of drug-likeness (QED) is 0.571. The van der Waals surface area contributed by atoms with Gasteiger partial charge in [-0.3, -0.25) is 14.3 Å². The lowest BCUT2D eigenvalue weighted by Gasteiger charge is -2.13. The number of rotatable bonds is 6. The number of sulfonamides is 1. The number of carbonyl (C=O) groups excluding carboxylic acids is 2. The summed E-state index contributed by atoms with van der Waals surface area (Å²) in [6.07, 6.45) is 0. The average molecular weight is 429 g/mol. The predicted octanol–water partition coefficient (Wildman–Crippen LogP) is 4.33. The van der Waals surface area contributed by atoms with Gasteiger partial charge in [-0.2, -0.15) is 0 Å². The first-order valence-electron chi connectivity index (χ1n) is 8.56. The van der Waals surface area contributed by atoms with Crippen molar-refractivity contribution in [2.45, 2.75) is 11.8 Å². The third kappa shape index (κ3) is 4.82. The fraction of sp³-hybridized carbons (Fsp3) is 0.0476. The van der Waals surface area contributed by atoms with Gasteiger partial charge in [0.05, 0.1) is 21.3 Å². The van der Waals surface area contributed by atoms with E-state index >= 15 is 0 Å². The minimum absolute atomic E-state index is 0.0803. The summed E-state index contributed by atoms with van der Waals surface area (Å²) in [5.74, 6) is -0.628. The molecule has 0 fully saturated rings. The van der Waals surface area contributed by atoms with Crippen molar-refractivity contribution in [1.29, 1.82) is 0 Å². The summed E-state index contributed by atoms with van der Waals surface area (Å²) in [7, 11) is -4.02. The Bertz CT molecular complexity index is 1180. The normalized spacial score (nSPS) is 11.0. The smallest absolute Gasteiger partial charge is 0.261 e. The first-order chi connectivity index (χ1) is 13.8. The number of carbonyl (C=O) groups is 2. The molecule has 29 heavy (non-hydrogen) atoms. The Labute approximate surface area is 173 Å². The van der Waals surface area contributed by atoms with Gasteiger partial charge in [0.1, 0.15) is 0 Å². The highest BCUT2D eigenvalue weighted by Gasteiger charge is 2.20. The third-order valence-corrected chi connectivity index (χ3v) is 5.69. The minimum Gasteiger partial charge on any atom is -0.325 e. The van der Waals surface area contributed by atoms with Gasteiger partial charge in [0.25, 0.3) is 10.0 Å². The standard InChI is InChI=1S/C21H17ClN2O4S/c1-14(25)23-20-12-11-16(13-18(20)22)29(27,28)24-19-10-6-5-9-17(19)21(26)15-7-3-2-4-8-15/h2-13,24H,1H3,(H,23,25). The summed E-state index contributed by atoms with van der Waals surface area (Å²) >= 11 is 6.08. The monoisotopic (exact) mass is 428 g/mol. The molecule has 3 aromatic rings. The molecule has 0 radical (unpaired) electrons. The van der Waals surface area contributed by atoms with Crippen molar-refractivity contribution in [1.82, 2.24) is 0 Å². The van der Waals surface area contributed by atoms with Crippen LogP contribution in [0.2, 0.25) is 5.02 Å². The van der Waals surface area contributed by atoms with E-state index < -0.39 is 10.0 Å². The van der Waals surface area contributed by atoms with Crippen LogP contribution in [0.25, 0.3) is 0 Å². The third-order valence-electron chi connectivity index (χ3n) is 4.01. The van der Waals surface area contributed by atoms with Crippen LogP contribution in [0.4, 0.5) is 11.4 Å². The molecule has 3 rings (SSSR count). The molecule has 8 heteroatoms. The van der Waals surface area contributed by atoms with Gasteiger partial charge in [0.15, 0.2) is 5.78 Å². The van der Waals surface area contributed by atoms with Crippen molar-refractivity contribution in [3.63, 3.8) is 0 Å². The summed E-state index contributed by atoms with van der Waals surface area (Å²) in [6, 6.07) is 18.9. The van der Waals surface area contributed by atoms with Crippen molar-refractivity contribution in [2.75, 3.05) is 10.0 Å². The maximum absolute atomic E-state index is 12.8. The van der Waals surface area contributed by atoms with Crippen LogP contribution in [0.15, 0.2) is 77.7 Å². The average Bonchev–Trinajstić information content (AvgIpc) is 2.69. The van der Waals surface area contributed by atoms with Gasteiger partial charge in [0, 0.05) is 18.1 Å². The zero-order chi connectivity index (χ0) is 21.0. The van der Waals surface area contributed by atoms with Gasteiger partial charge >= 0.3 is 0 Å². The van der Waals surface area contributed by atoms with E-state index in [0.29, 0.717) is 11.3 Å². The number of benzene rings is 3. The van der Waals surface area contributed by atoms with Gasteiger partial charge in [-0.05, 0) is 30.3 Å². The molecule has 1 amide bonds. The van der Waals surface area contributed by atoms with E-state index in [2.05, 4.69) is 10.0 Å². The van der Waals surface area contributed by atoms with Crippen molar-refractivity contribution in [3.05, 3.63) is 88.9 Å². The molecule has 0 heterocycles. The molecule has 0 saturated carbocycles. The molecule has 0 saturated heterocycles. The lowest BCUT2D eigenvalue weighted by molar-refractivity contribution is -0.114. The molecule has 148 valence electrons. The van der Waals surface area contributed by atoms with Crippen LogP contribution in [0.5, 0.6) is 0 Å². The Kier molecular flexibility index (Phi) is 6.00. The molecule has 3 aromatic carbocycles. The van der Waals surface area contributed by atoms with E-state index in [4.69, 9.17) is 11.6 Å². The van der Waals surface area contributed by atoms with Gasteiger partial charge in [0.2, 0.25) is 5.91 Å². The van der Waals surface area contributed by atoms with Crippen LogP contribution >= 0.6 is 11.6 Å². The van der Waals surface area contributed by atoms with Crippen molar-refractivity contribution < 1.29 is 18.0 Å². The Morgan fingerprint density at radius 1 is 0.862 bits per heavy atom. The highest BCUT2D eigenvalue weighted by atomic mass is 35.5. The van der Waals surface area contributed by atoms with Gasteiger partial charge in [-0.15, -0.1) is 0 Å². The maximum Gasteiger partial charge on any atom is 0.261 e. The summed E-state index contributed by atoms with van der Waals surface area (Å²) in [5.41, 5.74) is 1.13. The minimum atomic E-state index is -4.02. The van der Waals surface area contributed by atoms with Crippen LogP contribution in [0.1, 0.15) is 22.8 Å². The number of halogens is 1. The highest BCUT2D eigenvalue weighted by molar-refractivity contribution is 7.92. The van der Waals surface area contributed by atoms with E-state index in [9.17, 15) is 18.0 Å². The number of hydrogen-bond acceptors (Lipinski definition) is 4. The fourth-order valence-corrected chi connectivity index (χ4v) is 4.07. The zero-order valence-electron chi connectivity index (χ0n) is 15.3. The second kappa shape index (κ2) is 8.46. The molecule has 2 N–H and O–H groups in total. The molecule has 0 aliphatic carbocycles. The molecule has 0 aliphatic heterocycles. The zero-order valence-corrected chi connectivity index (χ0v) is 16.9. The summed E-state index contributed by atoms with van der Waals surface area (Å²) in [6.45, 7) is 1.32. The number of hydrogen-bond donors (Lipinski definition) is 2. The lowest BCUT2D eigenvalue weighted by atomic mass is 10.0. The van der Waals surface area contributed by atoms with E-state index in [1.54, 1.807) is 48.5 Å². The van der Waals surface area contributed by atoms with Crippen LogP contribution in [-0.2, 0) is 14.8 Å². The molecular formula is C21H17ClN2O4S. The number of ketones is 1. The van der Waals surface area contributed by atoms with Crippen LogP contribution in [0, 0.1) is 0 Å². The Morgan fingerprint density at radius 2 is 1.52 bits per heavy atom. The molecule has 0 unspecified atom stereocenters. The summed E-state index contributed by atoms with van der Waals surface area (Å²) < 4.78 is 28.1. The maximum atomic E-state index is 12.8. The van der Waals surface area contributed by atoms with Crippen molar-refractivity contribution >= 4 is 44.7 Å². The fourth-order valence-electron chi connectivity index (χ4n) is 2.67. The molecular weight excluding hydrogens is 412 g/mol. The Hall–Kier alpha value is -3.16. The van der Waals surface area contributed by atoms with Crippen molar-refractivity contribution in [3.8, 4) is 0 Å². The molecule has 0 spiro atoms. The Balaban J connectivity index is 1.93. The van der Waals surface area contributed by atoms with E-state index in [-0.39, 0.29) is 32.9 Å². The van der Waals surface area contributed by atoms with E-state index in [1.807, 2.05) is 0 Å². The SMILES string of the molecule is CC(=O)Nc1ccc(S(=O)(=O)Nc2ccccc2C(=O)c2ccccc2)cc1Cl. The van der Waals surface area contributed by atoms with E-state index in [1.165, 1.54) is 31.2 Å². The van der Waals surface area contributed by atoms with E-state index in [0.717, 1.165) is 0 Å². The number of nitrogens with one attached hydrogen (secondary N) is 2. The molecule has 0 bridgehead atoms. The second-order valence-electron chi connectivity index (χ2n) is 6.17. The summed E-state index contributed by atoms with van der Waals surface area (Å²) in [5, 5.41) is 2.59. The van der Waals surface area contributed by atoms with Gasteiger partial charge in [-0.1, -0.05) is 54.1 Å². The Morgan fingerprint density at radius 3 is 2.17 bits per heavy atom. The number of anilines is 2. The predicted molar refractivity (Wildman–Crippen MR) is 113 cm³/mol. The molecule has 0 atom stereocenters. The largest absolute Gasteiger partial charge is 0.325 e. The molecule has 6 nitrogen and oxygen atoms in total. The van der Waals surface area contributed by atoms with Crippen LogP contribution < -0.4 is 10.0 Å². The number of amides is 1. The topological polar surface area (TPSA) is 92.3 Å².